The number of fused-ring (bicyclic) bond motifs is 1. The summed E-state index contributed by atoms with van der Waals surface area (Å²) in [7, 11) is 0. The van der Waals surface area contributed by atoms with Crippen LogP contribution in [0.3, 0.4) is 0 Å². The zero-order valence-corrected chi connectivity index (χ0v) is 21.9. The van der Waals surface area contributed by atoms with Crippen molar-refractivity contribution < 1.29 is 28.2 Å². The minimum Gasteiger partial charge on any atom is -0.454 e. The lowest BCUT2D eigenvalue weighted by Crippen LogP contribution is -2.50. The molecule has 0 fully saturated rings. The third kappa shape index (κ3) is 5.54. The van der Waals surface area contributed by atoms with E-state index in [1.807, 2.05) is 20.8 Å². The topological polar surface area (TPSA) is 150 Å². The number of benzene rings is 2. The highest BCUT2D eigenvalue weighted by molar-refractivity contribution is 7.09. The van der Waals surface area contributed by atoms with Crippen LogP contribution in [0.4, 0.5) is 10.1 Å². The van der Waals surface area contributed by atoms with Gasteiger partial charge in [0.05, 0.1) is 5.69 Å². The van der Waals surface area contributed by atoms with Gasteiger partial charge in [-0.3, -0.25) is 14.4 Å². The van der Waals surface area contributed by atoms with Crippen molar-refractivity contribution >= 4 is 34.9 Å². The van der Waals surface area contributed by atoms with E-state index in [1.54, 1.807) is 18.2 Å². The summed E-state index contributed by atoms with van der Waals surface area (Å²) < 4.78 is 28.6. The van der Waals surface area contributed by atoms with Crippen LogP contribution >= 0.6 is 11.5 Å². The Balaban J connectivity index is 1.83. The van der Waals surface area contributed by atoms with Gasteiger partial charge in [0, 0.05) is 12.1 Å². The van der Waals surface area contributed by atoms with Crippen LogP contribution in [0.15, 0.2) is 42.5 Å². The molecule has 10 nitrogen and oxygen atoms in total. The van der Waals surface area contributed by atoms with E-state index >= 15 is 0 Å². The van der Waals surface area contributed by atoms with E-state index in [1.165, 1.54) is 29.2 Å². The lowest BCUT2D eigenvalue weighted by molar-refractivity contribution is -0.127. The highest BCUT2D eigenvalue weighted by Crippen LogP contribution is 2.35. The summed E-state index contributed by atoms with van der Waals surface area (Å²) >= 11 is 0.713. The zero-order valence-electron chi connectivity index (χ0n) is 21.1. The quantitative estimate of drug-likeness (QED) is 0.376. The standard InChI is InChI=1S/C26H28FN5O5S/c1-4-26(2,3)30-24(34)21(15-6-8-16(27)9-7-15)32(12-14-5-10-17-18(11-14)37-13-36-17)25(35)22-19(28)20(23(29)33)31-38-22/h5-11,21H,4,12-13,28H2,1-3H3,(H2,29,33)(H,30,34). The Morgan fingerprint density at radius 1 is 1.16 bits per heavy atom. The highest BCUT2D eigenvalue weighted by atomic mass is 32.1. The second kappa shape index (κ2) is 10.7. The molecule has 38 heavy (non-hydrogen) atoms. The molecule has 1 aliphatic rings. The van der Waals surface area contributed by atoms with Crippen LogP contribution in [0.5, 0.6) is 11.5 Å². The number of hydrogen-bond acceptors (Lipinski definition) is 8. The van der Waals surface area contributed by atoms with Crippen molar-refractivity contribution in [1.82, 2.24) is 14.6 Å². The lowest BCUT2D eigenvalue weighted by atomic mass is 9.98. The number of nitrogens with one attached hydrogen (secondary N) is 1. The minimum absolute atomic E-state index is 0.0470. The van der Waals surface area contributed by atoms with Crippen molar-refractivity contribution in [1.29, 1.82) is 0 Å². The number of aromatic nitrogens is 1. The maximum atomic E-state index is 14.0. The molecule has 0 saturated heterocycles. The first-order valence-corrected chi connectivity index (χ1v) is 12.6. The molecular formula is C26H28FN5O5S. The Morgan fingerprint density at radius 2 is 1.84 bits per heavy atom. The summed E-state index contributed by atoms with van der Waals surface area (Å²) in [5, 5.41) is 2.98. The molecule has 5 N–H and O–H groups in total. The van der Waals surface area contributed by atoms with Gasteiger partial charge in [-0.25, -0.2) is 4.39 Å². The summed E-state index contributed by atoms with van der Waals surface area (Å²) in [6.45, 7) is 5.65. The van der Waals surface area contributed by atoms with Gasteiger partial charge in [0.25, 0.3) is 11.8 Å². The number of carbonyl (C=O) groups is 3. The summed E-state index contributed by atoms with van der Waals surface area (Å²) in [4.78, 5) is 40.8. The smallest absolute Gasteiger partial charge is 0.270 e. The molecule has 4 rings (SSSR count). The van der Waals surface area contributed by atoms with Crippen LogP contribution in [-0.4, -0.2) is 39.3 Å². The molecule has 0 bridgehead atoms. The Labute approximate surface area is 222 Å². The molecule has 200 valence electrons. The van der Waals surface area contributed by atoms with Gasteiger partial charge in [0.15, 0.2) is 17.2 Å². The minimum atomic E-state index is -1.18. The molecule has 0 spiro atoms. The van der Waals surface area contributed by atoms with E-state index in [0.29, 0.717) is 40.6 Å². The number of hydrogen-bond donors (Lipinski definition) is 3. The van der Waals surface area contributed by atoms with Crippen LogP contribution < -0.4 is 26.3 Å². The molecule has 1 unspecified atom stereocenters. The predicted octanol–water partition coefficient (Wildman–Crippen LogP) is 3.38. The zero-order chi connectivity index (χ0) is 27.6. The van der Waals surface area contributed by atoms with Gasteiger partial charge in [0.2, 0.25) is 12.7 Å². The molecule has 0 saturated carbocycles. The molecule has 0 aliphatic carbocycles. The molecule has 1 aromatic heterocycles. The summed E-state index contributed by atoms with van der Waals surface area (Å²) in [6, 6.07) is 9.31. The van der Waals surface area contributed by atoms with Gasteiger partial charge in [-0.1, -0.05) is 25.1 Å². The molecular weight excluding hydrogens is 513 g/mol. The number of ether oxygens (including phenoxy) is 2. The average Bonchev–Trinajstić information content (AvgIpc) is 3.50. The molecule has 2 aromatic carbocycles. The number of carbonyl (C=O) groups excluding carboxylic acids is 3. The Morgan fingerprint density at radius 3 is 2.47 bits per heavy atom. The summed E-state index contributed by atoms with van der Waals surface area (Å²) in [5.41, 5.74) is 11.5. The molecule has 12 heteroatoms. The van der Waals surface area contributed by atoms with E-state index in [2.05, 4.69) is 9.69 Å². The fraction of sp³-hybridized carbons (Fsp3) is 0.308. The number of nitrogens with zero attached hydrogens (tertiary/aromatic N) is 2. The third-order valence-corrected chi connectivity index (χ3v) is 7.15. The van der Waals surface area contributed by atoms with E-state index in [4.69, 9.17) is 20.9 Å². The largest absolute Gasteiger partial charge is 0.454 e. The van der Waals surface area contributed by atoms with Crippen molar-refractivity contribution in [3.05, 3.63) is 70.0 Å². The monoisotopic (exact) mass is 541 g/mol. The molecule has 1 atom stereocenters. The Kier molecular flexibility index (Phi) is 7.53. The Hall–Kier alpha value is -4.19. The van der Waals surface area contributed by atoms with Crippen molar-refractivity contribution in [3.63, 3.8) is 0 Å². The second-order valence-electron chi connectivity index (χ2n) is 9.44. The molecule has 2 heterocycles. The maximum Gasteiger partial charge on any atom is 0.270 e. The summed E-state index contributed by atoms with van der Waals surface area (Å²) in [5.74, 6) is -1.44. The predicted molar refractivity (Wildman–Crippen MR) is 139 cm³/mol. The fourth-order valence-electron chi connectivity index (χ4n) is 3.88. The van der Waals surface area contributed by atoms with Gasteiger partial charge in [-0.2, -0.15) is 4.37 Å². The van der Waals surface area contributed by atoms with E-state index < -0.39 is 35.1 Å². The van der Waals surface area contributed by atoms with Crippen molar-refractivity contribution in [2.45, 2.75) is 45.3 Å². The second-order valence-corrected chi connectivity index (χ2v) is 10.2. The number of halogens is 1. The van der Waals surface area contributed by atoms with Crippen molar-refractivity contribution in [2.24, 2.45) is 5.73 Å². The number of primary amides is 1. The fourth-order valence-corrected chi connectivity index (χ4v) is 4.65. The molecule has 1 aliphatic heterocycles. The van der Waals surface area contributed by atoms with Crippen LogP contribution in [0.1, 0.15) is 64.5 Å². The first-order valence-electron chi connectivity index (χ1n) is 11.8. The van der Waals surface area contributed by atoms with Crippen molar-refractivity contribution in [3.8, 4) is 11.5 Å². The van der Waals surface area contributed by atoms with Gasteiger partial charge in [0.1, 0.15) is 16.7 Å². The Bertz CT molecular complexity index is 1370. The maximum absolute atomic E-state index is 14.0. The normalized spacial score (nSPS) is 13.2. The first-order chi connectivity index (χ1) is 18.0. The van der Waals surface area contributed by atoms with Crippen LogP contribution in [-0.2, 0) is 11.3 Å². The lowest BCUT2D eigenvalue weighted by Gasteiger charge is -2.34. The number of nitrogen functional groups attached to an aromatic ring is 1. The van der Waals surface area contributed by atoms with Crippen LogP contribution in [0.25, 0.3) is 0 Å². The first kappa shape index (κ1) is 26.9. The van der Waals surface area contributed by atoms with E-state index in [-0.39, 0.29) is 29.6 Å². The average molecular weight is 542 g/mol. The van der Waals surface area contributed by atoms with Gasteiger partial charge in [-0.15, -0.1) is 0 Å². The van der Waals surface area contributed by atoms with E-state index in [0.717, 1.165) is 0 Å². The van der Waals surface area contributed by atoms with Gasteiger partial charge in [-0.05, 0) is 67.2 Å². The number of anilines is 1. The highest BCUT2D eigenvalue weighted by Gasteiger charge is 2.36. The molecule has 0 radical (unpaired) electrons. The number of amides is 3. The number of nitrogens with two attached hydrogens (primary N) is 2. The van der Waals surface area contributed by atoms with Crippen LogP contribution in [0, 0.1) is 5.82 Å². The van der Waals surface area contributed by atoms with Gasteiger partial charge >= 0.3 is 0 Å². The summed E-state index contributed by atoms with van der Waals surface area (Å²) in [6.07, 6.45) is 0.620. The molecule has 3 amide bonds. The third-order valence-electron chi connectivity index (χ3n) is 6.30. The SMILES string of the molecule is CCC(C)(C)NC(=O)C(c1ccc(F)cc1)N(Cc1ccc2c(c1)OCO2)C(=O)c1snc(C(N)=O)c1N. The molecule has 3 aromatic rings. The van der Waals surface area contributed by atoms with Gasteiger partial charge < -0.3 is 31.2 Å². The number of rotatable bonds is 9. The van der Waals surface area contributed by atoms with E-state index in [9.17, 15) is 18.8 Å². The van der Waals surface area contributed by atoms with Crippen molar-refractivity contribution in [2.75, 3.05) is 12.5 Å². The van der Waals surface area contributed by atoms with Crippen LogP contribution in [0.2, 0.25) is 0 Å².